The summed E-state index contributed by atoms with van der Waals surface area (Å²) < 4.78 is 13.0. The predicted molar refractivity (Wildman–Crippen MR) is 81.3 cm³/mol. The van der Waals surface area contributed by atoms with Gasteiger partial charge in [-0.2, -0.15) is 0 Å². The summed E-state index contributed by atoms with van der Waals surface area (Å²) in [6, 6.07) is 4.04. The maximum atomic E-state index is 13.0. The van der Waals surface area contributed by atoms with Gasteiger partial charge in [-0.25, -0.2) is 4.39 Å². The van der Waals surface area contributed by atoms with E-state index in [4.69, 9.17) is 5.73 Å². The molecule has 0 aromatic heterocycles. The smallest absolute Gasteiger partial charge is 0.243 e. The Balaban J connectivity index is 2.15. The molecule has 1 fully saturated rings. The number of nitrogen functional groups attached to an aromatic ring is 1. The molecule has 21 heavy (non-hydrogen) atoms. The molecule has 2 amide bonds. The van der Waals surface area contributed by atoms with Crippen molar-refractivity contribution in [2.75, 3.05) is 5.73 Å². The largest absolute Gasteiger partial charge is 0.398 e. The number of benzene rings is 1. The van der Waals surface area contributed by atoms with E-state index in [-0.39, 0.29) is 24.3 Å². The Morgan fingerprint density at radius 3 is 2.62 bits per heavy atom. The van der Waals surface area contributed by atoms with Crippen LogP contribution in [-0.2, 0) is 9.59 Å². The van der Waals surface area contributed by atoms with Crippen LogP contribution in [0.5, 0.6) is 0 Å². The zero-order valence-corrected chi connectivity index (χ0v) is 13.0. The maximum absolute atomic E-state index is 13.0. The number of likely N-dealkylation sites (tertiary alicyclic amines) is 1. The van der Waals surface area contributed by atoms with Gasteiger partial charge in [0.2, 0.25) is 11.8 Å². The van der Waals surface area contributed by atoms with E-state index in [1.54, 1.807) is 6.07 Å². The summed E-state index contributed by atoms with van der Waals surface area (Å²) in [5, 5.41) is -0.467. The molecule has 0 aliphatic carbocycles. The second-order valence-electron chi connectivity index (χ2n) is 5.07. The van der Waals surface area contributed by atoms with E-state index in [0.29, 0.717) is 10.6 Å². The van der Waals surface area contributed by atoms with Gasteiger partial charge >= 0.3 is 0 Å². The van der Waals surface area contributed by atoms with E-state index in [1.807, 2.05) is 13.8 Å². The fourth-order valence-corrected chi connectivity index (χ4v) is 3.62. The van der Waals surface area contributed by atoms with Crippen molar-refractivity contribution in [1.82, 2.24) is 4.90 Å². The molecule has 6 heteroatoms. The van der Waals surface area contributed by atoms with E-state index < -0.39 is 11.1 Å². The summed E-state index contributed by atoms with van der Waals surface area (Å²) in [7, 11) is 0. The van der Waals surface area contributed by atoms with Crippen molar-refractivity contribution < 1.29 is 14.0 Å². The lowest BCUT2D eigenvalue weighted by molar-refractivity contribution is -0.141. The summed E-state index contributed by atoms with van der Waals surface area (Å²) >= 11 is 1.24. The van der Waals surface area contributed by atoms with E-state index in [2.05, 4.69) is 0 Å². The number of nitrogens with zero attached hydrogens (tertiary/aromatic N) is 1. The number of carbonyl (C=O) groups is 2. The molecule has 1 atom stereocenters. The van der Waals surface area contributed by atoms with Gasteiger partial charge in [0, 0.05) is 23.0 Å². The second-order valence-corrected chi connectivity index (χ2v) is 6.31. The highest BCUT2D eigenvalue weighted by atomic mass is 32.2. The summed E-state index contributed by atoms with van der Waals surface area (Å²) in [5.74, 6) is -0.710. The van der Waals surface area contributed by atoms with Crippen molar-refractivity contribution in [3.05, 3.63) is 24.0 Å². The van der Waals surface area contributed by atoms with Crippen molar-refractivity contribution in [2.24, 2.45) is 0 Å². The van der Waals surface area contributed by atoms with Gasteiger partial charge < -0.3 is 5.73 Å². The zero-order chi connectivity index (χ0) is 15.6. The van der Waals surface area contributed by atoms with Gasteiger partial charge in [0.05, 0.1) is 5.25 Å². The monoisotopic (exact) mass is 310 g/mol. The van der Waals surface area contributed by atoms with Gasteiger partial charge in [0.15, 0.2) is 0 Å². The Morgan fingerprint density at radius 2 is 2.05 bits per heavy atom. The van der Waals surface area contributed by atoms with Crippen molar-refractivity contribution in [2.45, 2.75) is 49.3 Å². The van der Waals surface area contributed by atoms with Crippen LogP contribution in [0, 0.1) is 5.82 Å². The molecule has 0 spiro atoms. The van der Waals surface area contributed by atoms with Gasteiger partial charge in [-0.1, -0.05) is 13.8 Å². The van der Waals surface area contributed by atoms with Crippen LogP contribution in [0.3, 0.4) is 0 Å². The number of carbonyl (C=O) groups excluding carboxylic acids is 2. The minimum atomic E-state index is -0.467. The van der Waals surface area contributed by atoms with Gasteiger partial charge in [-0.3, -0.25) is 14.5 Å². The third-order valence-corrected chi connectivity index (χ3v) is 4.97. The first-order valence-corrected chi connectivity index (χ1v) is 7.93. The van der Waals surface area contributed by atoms with Crippen molar-refractivity contribution in [3.8, 4) is 0 Å². The number of thioether (sulfide) groups is 1. The van der Waals surface area contributed by atoms with Crippen LogP contribution in [0.1, 0.15) is 33.1 Å². The molecule has 0 radical (unpaired) electrons. The molecule has 2 N–H and O–H groups in total. The van der Waals surface area contributed by atoms with Crippen LogP contribution in [0.25, 0.3) is 0 Å². The number of hydrogen-bond acceptors (Lipinski definition) is 4. The minimum absolute atomic E-state index is 0.0406. The summed E-state index contributed by atoms with van der Waals surface area (Å²) in [5.41, 5.74) is 6.05. The van der Waals surface area contributed by atoms with E-state index in [1.165, 1.54) is 28.8 Å². The van der Waals surface area contributed by atoms with Crippen molar-refractivity contribution >= 4 is 29.3 Å². The second kappa shape index (κ2) is 6.47. The topological polar surface area (TPSA) is 63.4 Å². The molecule has 1 aromatic carbocycles. The number of halogens is 1. The molecule has 1 aromatic rings. The van der Waals surface area contributed by atoms with Crippen LogP contribution in [0.4, 0.5) is 10.1 Å². The first-order valence-electron chi connectivity index (χ1n) is 7.05. The van der Waals surface area contributed by atoms with E-state index in [0.717, 1.165) is 12.8 Å². The average molecular weight is 310 g/mol. The highest BCUT2D eigenvalue weighted by molar-refractivity contribution is 8.00. The Bertz CT molecular complexity index is 561. The Morgan fingerprint density at radius 1 is 1.38 bits per heavy atom. The number of imide groups is 1. The molecule has 1 saturated heterocycles. The van der Waals surface area contributed by atoms with Gasteiger partial charge in [-0.05, 0) is 31.0 Å². The average Bonchev–Trinajstić information content (AvgIpc) is 2.71. The van der Waals surface area contributed by atoms with Gasteiger partial charge in [0.1, 0.15) is 5.82 Å². The van der Waals surface area contributed by atoms with Crippen molar-refractivity contribution in [1.29, 1.82) is 0 Å². The van der Waals surface area contributed by atoms with E-state index in [9.17, 15) is 14.0 Å². The number of amides is 2. The highest BCUT2D eigenvalue weighted by Crippen LogP contribution is 2.36. The summed E-state index contributed by atoms with van der Waals surface area (Å²) in [6.07, 6.45) is 1.69. The SMILES string of the molecule is CCC(CC)N1C(=O)CC(Sc2ccc(F)cc2N)C1=O. The minimum Gasteiger partial charge on any atom is -0.398 e. The van der Waals surface area contributed by atoms with Crippen LogP contribution in [-0.4, -0.2) is 28.0 Å². The standard InChI is InChI=1S/C15H19FN2O2S/c1-3-10(4-2)18-14(19)8-13(15(18)20)21-12-6-5-9(16)7-11(12)17/h5-7,10,13H,3-4,8,17H2,1-2H3. The predicted octanol–water partition coefficient (Wildman–Crippen LogP) is 2.82. The molecule has 2 rings (SSSR count). The molecular weight excluding hydrogens is 291 g/mol. The number of anilines is 1. The molecule has 1 unspecified atom stereocenters. The van der Waals surface area contributed by atoms with Crippen molar-refractivity contribution in [3.63, 3.8) is 0 Å². The third-order valence-electron chi connectivity index (χ3n) is 3.69. The lowest BCUT2D eigenvalue weighted by Gasteiger charge is -2.24. The zero-order valence-electron chi connectivity index (χ0n) is 12.1. The molecule has 1 aliphatic rings. The lowest BCUT2D eigenvalue weighted by Crippen LogP contribution is -2.40. The van der Waals surface area contributed by atoms with Gasteiger partial charge in [-0.15, -0.1) is 11.8 Å². The number of rotatable bonds is 5. The molecule has 0 bridgehead atoms. The first-order chi connectivity index (χ1) is 9.97. The first kappa shape index (κ1) is 15.8. The summed E-state index contributed by atoms with van der Waals surface area (Å²) in [6.45, 7) is 3.93. The van der Waals surface area contributed by atoms with E-state index >= 15 is 0 Å². The van der Waals surface area contributed by atoms with Crippen LogP contribution in [0.2, 0.25) is 0 Å². The maximum Gasteiger partial charge on any atom is 0.243 e. The molecule has 0 saturated carbocycles. The highest BCUT2D eigenvalue weighted by Gasteiger charge is 2.41. The van der Waals surface area contributed by atoms with Crippen LogP contribution in [0.15, 0.2) is 23.1 Å². The number of nitrogens with two attached hydrogens (primary N) is 1. The summed E-state index contributed by atoms with van der Waals surface area (Å²) in [4.78, 5) is 26.5. The van der Waals surface area contributed by atoms with Gasteiger partial charge in [0.25, 0.3) is 0 Å². The lowest BCUT2D eigenvalue weighted by atomic mass is 10.1. The fourth-order valence-electron chi connectivity index (χ4n) is 2.53. The molecule has 1 heterocycles. The molecule has 114 valence electrons. The van der Waals surface area contributed by atoms with Crippen LogP contribution < -0.4 is 5.73 Å². The quantitative estimate of drug-likeness (QED) is 0.671. The normalized spacial score (nSPS) is 18.9. The molecule has 1 aliphatic heterocycles. The molecule has 4 nitrogen and oxygen atoms in total. The fraction of sp³-hybridized carbons (Fsp3) is 0.467. The Labute approximate surface area is 127 Å². The third kappa shape index (κ3) is 3.20. The Hall–Kier alpha value is -1.56. The Kier molecular flexibility index (Phi) is 4.88. The molecular formula is C15H19FN2O2S. The van der Waals surface area contributed by atoms with Crippen LogP contribution >= 0.6 is 11.8 Å². The number of hydrogen-bond donors (Lipinski definition) is 1.